The predicted molar refractivity (Wildman–Crippen MR) is 116 cm³/mol. The van der Waals surface area contributed by atoms with Crippen molar-refractivity contribution in [3.8, 4) is 11.1 Å². The topological polar surface area (TPSA) is 50.3 Å². The van der Waals surface area contributed by atoms with Crippen molar-refractivity contribution in [2.75, 3.05) is 38.2 Å². The molecule has 3 heterocycles. The Hall–Kier alpha value is -1.90. The minimum absolute atomic E-state index is 0.0572. The molecule has 0 radical (unpaired) electrons. The zero-order chi connectivity index (χ0) is 22.2. The maximum atomic E-state index is 14.4. The molecule has 5 nitrogen and oxygen atoms in total. The summed E-state index contributed by atoms with van der Waals surface area (Å²) in [5.74, 6) is -1.72. The Bertz CT molecular complexity index is 974. The molecule has 1 saturated carbocycles. The third-order valence-electron chi connectivity index (χ3n) is 7.11. The van der Waals surface area contributed by atoms with Gasteiger partial charge in [0, 0.05) is 50.0 Å². The van der Waals surface area contributed by atoms with E-state index in [-0.39, 0.29) is 22.3 Å². The number of nitrogens with one attached hydrogen (secondary N) is 1. The Kier molecular flexibility index (Phi) is 6.27. The van der Waals surface area contributed by atoms with Gasteiger partial charge in [0.15, 0.2) is 28.4 Å². The molecule has 1 aromatic heterocycles. The molecule has 0 spiro atoms. The number of hydrogen-bond donors (Lipinski definition) is 1. The van der Waals surface area contributed by atoms with Gasteiger partial charge in [-0.05, 0) is 61.6 Å². The molecule has 3 aliphatic rings. The maximum absolute atomic E-state index is 14.4. The van der Waals surface area contributed by atoms with Gasteiger partial charge in [-0.15, -0.1) is 10.2 Å². The second-order valence-electron chi connectivity index (χ2n) is 9.26. The van der Waals surface area contributed by atoms with E-state index in [2.05, 4.69) is 20.4 Å². The van der Waals surface area contributed by atoms with Crippen molar-refractivity contribution in [1.82, 2.24) is 15.1 Å². The second-order valence-corrected chi connectivity index (χ2v) is 9.65. The summed E-state index contributed by atoms with van der Waals surface area (Å²) in [7, 11) is 0. The first-order valence-electron chi connectivity index (χ1n) is 11.2. The minimum Gasteiger partial charge on any atom is -0.381 e. The van der Waals surface area contributed by atoms with Crippen LogP contribution in [-0.4, -0.2) is 54.0 Å². The quantitative estimate of drug-likeness (QED) is 0.644. The molecule has 2 aliphatic heterocycles. The van der Waals surface area contributed by atoms with E-state index in [0.29, 0.717) is 17.7 Å². The average molecular weight is 467 g/mol. The Balaban J connectivity index is 1.26. The Labute approximate surface area is 190 Å². The molecule has 1 aromatic carbocycles. The third kappa shape index (κ3) is 4.45. The maximum Gasteiger partial charge on any atom is 0.195 e. The Morgan fingerprint density at radius 2 is 1.72 bits per heavy atom. The fourth-order valence-corrected chi connectivity index (χ4v) is 5.71. The van der Waals surface area contributed by atoms with Crippen LogP contribution in [0.3, 0.4) is 0 Å². The molecule has 1 N–H and O–H groups in total. The Morgan fingerprint density at radius 1 is 1.00 bits per heavy atom. The molecule has 2 saturated heterocycles. The molecule has 0 unspecified atom stereocenters. The highest BCUT2D eigenvalue weighted by Crippen LogP contribution is 2.41. The molecule has 3 fully saturated rings. The van der Waals surface area contributed by atoms with Crippen molar-refractivity contribution < 1.29 is 17.9 Å². The van der Waals surface area contributed by atoms with Crippen LogP contribution < -0.4 is 5.32 Å². The van der Waals surface area contributed by atoms with Crippen LogP contribution in [0, 0.1) is 35.2 Å². The Morgan fingerprint density at radius 3 is 2.44 bits per heavy atom. The van der Waals surface area contributed by atoms with Crippen LogP contribution in [0.2, 0.25) is 5.15 Å². The van der Waals surface area contributed by atoms with E-state index in [9.17, 15) is 13.2 Å². The molecule has 1 aliphatic carbocycles. The number of hydrogen-bond acceptors (Lipinski definition) is 5. The van der Waals surface area contributed by atoms with Gasteiger partial charge in [-0.1, -0.05) is 11.6 Å². The van der Waals surface area contributed by atoms with Gasteiger partial charge in [0.25, 0.3) is 0 Å². The minimum atomic E-state index is -1.51. The smallest absolute Gasteiger partial charge is 0.195 e. The largest absolute Gasteiger partial charge is 0.381 e. The lowest BCUT2D eigenvalue weighted by Crippen LogP contribution is -2.32. The number of likely N-dealkylation sites (tertiary alicyclic amines) is 1. The second kappa shape index (κ2) is 9.15. The predicted octanol–water partition coefficient (Wildman–Crippen LogP) is 4.76. The molecule has 172 valence electrons. The van der Waals surface area contributed by atoms with Crippen LogP contribution in [0.15, 0.2) is 18.2 Å². The van der Waals surface area contributed by atoms with E-state index in [1.54, 1.807) is 0 Å². The van der Waals surface area contributed by atoms with E-state index in [0.717, 1.165) is 70.5 Å². The number of benzene rings is 1. The summed E-state index contributed by atoms with van der Waals surface area (Å²) in [6.45, 7) is 5.09. The molecule has 32 heavy (non-hydrogen) atoms. The average Bonchev–Trinajstić information content (AvgIpc) is 3.32. The number of anilines is 1. The van der Waals surface area contributed by atoms with Gasteiger partial charge in [0.1, 0.15) is 0 Å². The zero-order valence-electron chi connectivity index (χ0n) is 17.7. The number of ether oxygens (including phenoxy) is 1. The van der Waals surface area contributed by atoms with Crippen LogP contribution in [-0.2, 0) is 4.74 Å². The lowest BCUT2D eigenvalue weighted by atomic mass is 10.00. The number of nitrogens with zero attached hydrogens (tertiary/aromatic N) is 3. The van der Waals surface area contributed by atoms with Crippen LogP contribution in [0.25, 0.3) is 11.1 Å². The van der Waals surface area contributed by atoms with Crippen LogP contribution in [0.5, 0.6) is 0 Å². The van der Waals surface area contributed by atoms with Crippen molar-refractivity contribution in [1.29, 1.82) is 0 Å². The van der Waals surface area contributed by atoms with Crippen molar-refractivity contribution in [3.63, 3.8) is 0 Å². The first-order chi connectivity index (χ1) is 15.5. The first-order valence-corrected chi connectivity index (χ1v) is 11.6. The monoisotopic (exact) mass is 466 g/mol. The molecular weight excluding hydrogens is 441 g/mol. The van der Waals surface area contributed by atoms with E-state index in [4.69, 9.17) is 16.3 Å². The third-order valence-corrected chi connectivity index (χ3v) is 7.30. The molecule has 2 atom stereocenters. The van der Waals surface area contributed by atoms with E-state index in [1.807, 2.05) is 0 Å². The first kappa shape index (κ1) is 21.9. The highest BCUT2D eigenvalue weighted by molar-refractivity contribution is 6.29. The van der Waals surface area contributed by atoms with Crippen LogP contribution in [0.4, 0.5) is 19.0 Å². The summed E-state index contributed by atoms with van der Waals surface area (Å²) in [5, 5.41) is 11.4. The number of halogens is 4. The standard InChI is InChI=1S/C23H26ClF3N4O/c24-20-9-18(17-1-2-19(25)22(27)21(17)26)23(30-29-20)28-16-7-14-11-31(12-15(14)8-16)10-13-3-5-32-6-4-13/h1-2,9,13-16H,3-8,10-12H2,(H,28,30)/t14-,15-/m1/s1. The van der Waals surface area contributed by atoms with Crippen molar-refractivity contribution >= 4 is 17.4 Å². The SMILES string of the molecule is Fc1ccc(-c2cc(Cl)nnc2NC2C[C@@H]3CN(CC4CCOCC4)C[C@H]3C2)c(F)c1F. The van der Waals surface area contributed by atoms with Gasteiger partial charge in [-0.2, -0.15) is 0 Å². The fraction of sp³-hybridized carbons (Fsp3) is 0.565. The number of fused-ring (bicyclic) bond motifs is 1. The van der Waals surface area contributed by atoms with E-state index >= 15 is 0 Å². The summed E-state index contributed by atoms with van der Waals surface area (Å²) in [6.07, 6.45) is 4.26. The summed E-state index contributed by atoms with van der Waals surface area (Å²) in [5.41, 5.74) is 0.184. The van der Waals surface area contributed by atoms with Crippen molar-refractivity contribution in [3.05, 3.63) is 40.8 Å². The van der Waals surface area contributed by atoms with Crippen molar-refractivity contribution in [2.24, 2.45) is 17.8 Å². The normalized spacial score (nSPS) is 24.8. The summed E-state index contributed by atoms with van der Waals surface area (Å²) >= 11 is 5.98. The molecule has 2 aromatic rings. The van der Waals surface area contributed by atoms with Gasteiger partial charge < -0.3 is 15.0 Å². The highest BCUT2D eigenvalue weighted by Gasteiger charge is 2.41. The van der Waals surface area contributed by atoms with Crippen molar-refractivity contribution in [2.45, 2.75) is 31.7 Å². The van der Waals surface area contributed by atoms with Gasteiger partial charge in [-0.25, -0.2) is 13.2 Å². The fourth-order valence-electron chi connectivity index (χ4n) is 5.57. The van der Waals surface area contributed by atoms with Gasteiger partial charge >= 0.3 is 0 Å². The lowest BCUT2D eigenvalue weighted by Gasteiger charge is -2.28. The summed E-state index contributed by atoms with van der Waals surface area (Å²) in [4.78, 5) is 2.59. The zero-order valence-corrected chi connectivity index (χ0v) is 18.4. The van der Waals surface area contributed by atoms with E-state index < -0.39 is 17.5 Å². The molecule has 0 amide bonds. The van der Waals surface area contributed by atoms with Gasteiger partial charge in [-0.3, -0.25) is 0 Å². The van der Waals surface area contributed by atoms with Crippen LogP contribution in [0.1, 0.15) is 25.7 Å². The van der Waals surface area contributed by atoms with Crippen LogP contribution >= 0.6 is 11.6 Å². The number of rotatable bonds is 5. The summed E-state index contributed by atoms with van der Waals surface area (Å²) < 4.78 is 47.1. The van der Waals surface area contributed by atoms with Gasteiger partial charge in [0.2, 0.25) is 0 Å². The molecule has 9 heteroatoms. The summed E-state index contributed by atoms with van der Waals surface area (Å²) in [6, 6.07) is 3.69. The molecular formula is C23H26ClF3N4O. The highest BCUT2D eigenvalue weighted by atomic mass is 35.5. The van der Waals surface area contributed by atoms with Gasteiger partial charge in [0.05, 0.1) is 0 Å². The van der Waals surface area contributed by atoms with E-state index in [1.165, 1.54) is 12.1 Å². The number of aromatic nitrogens is 2. The molecule has 0 bridgehead atoms. The lowest BCUT2D eigenvalue weighted by molar-refractivity contribution is 0.0545. The molecule has 5 rings (SSSR count).